The number of nitrogens with zero attached hydrogens (tertiary/aromatic N) is 2. The lowest BCUT2D eigenvalue weighted by Crippen LogP contribution is -2.37. The molecule has 1 unspecified atom stereocenters. The van der Waals surface area contributed by atoms with Crippen LogP contribution in [0.3, 0.4) is 0 Å². The topological polar surface area (TPSA) is 108 Å². The Kier molecular flexibility index (Phi) is 8.99. The normalized spacial score (nSPS) is 18.2. The molecule has 8 nitrogen and oxygen atoms in total. The lowest BCUT2D eigenvalue weighted by molar-refractivity contribution is -0.384. The van der Waals surface area contributed by atoms with Crippen LogP contribution in [0.2, 0.25) is 0 Å². The second-order valence-electron chi connectivity index (χ2n) is 6.81. The van der Waals surface area contributed by atoms with E-state index in [1.807, 2.05) is 6.92 Å². The molecular weight excluding hydrogens is 420 g/mol. The highest BCUT2D eigenvalue weighted by Gasteiger charge is 2.42. The summed E-state index contributed by atoms with van der Waals surface area (Å²) in [7, 11) is 0. The van der Waals surface area contributed by atoms with Crippen molar-refractivity contribution in [1.29, 1.82) is 0 Å². The largest absolute Gasteiger partial charge is 0.464 e. The number of carbonyl (C=O) groups excluding carboxylic acids is 2. The van der Waals surface area contributed by atoms with E-state index in [0.717, 1.165) is 5.75 Å². The Bertz CT molecular complexity index is 924. The zero-order valence-electron chi connectivity index (χ0n) is 17.8. The number of ether oxygens (including phenoxy) is 2. The third kappa shape index (κ3) is 6.04. The Labute approximate surface area is 185 Å². The number of non-ortho nitro benzene ring substituents is 1. The molecule has 0 fully saturated rings. The van der Waals surface area contributed by atoms with Crippen LogP contribution in [0.5, 0.6) is 0 Å². The first-order valence-corrected chi connectivity index (χ1v) is 11.0. The van der Waals surface area contributed by atoms with Gasteiger partial charge in [-0.05, 0) is 25.2 Å². The molecule has 0 bridgehead atoms. The Morgan fingerprint density at radius 3 is 2.71 bits per heavy atom. The maximum Gasteiger partial charge on any atom is 0.336 e. The zero-order chi connectivity index (χ0) is 23.0. The highest BCUT2D eigenvalue weighted by molar-refractivity contribution is 7.99. The van der Waals surface area contributed by atoms with Crippen LogP contribution in [0, 0.1) is 16.0 Å². The molecule has 0 saturated carbocycles. The number of hydrogen-bond donors (Lipinski definition) is 0. The number of esters is 2. The standard InChI is InChI=1S/C22H26N2O6S/c1-5-10-29-21(25)18-14(3)23-15(4)19(22(26)30-11-12-31-6-2)20(18)16-8-7-9-17(13-16)24(27)28/h5,7-9,13,19-20H,1,6,10-12H2,2-4H3/t19?,20-/m1/s1. The number of thioether (sulfide) groups is 1. The van der Waals surface area contributed by atoms with Crippen LogP contribution in [0.15, 0.2) is 53.2 Å². The molecule has 1 aliphatic rings. The van der Waals surface area contributed by atoms with Gasteiger partial charge in [-0.2, -0.15) is 11.8 Å². The van der Waals surface area contributed by atoms with Gasteiger partial charge in [0.25, 0.3) is 5.69 Å². The van der Waals surface area contributed by atoms with E-state index >= 15 is 0 Å². The van der Waals surface area contributed by atoms with E-state index in [-0.39, 0.29) is 24.5 Å². The number of nitro benzene ring substituents is 1. The molecule has 2 rings (SSSR count). The van der Waals surface area contributed by atoms with Crippen molar-refractivity contribution in [2.75, 3.05) is 24.7 Å². The van der Waals surface area contributed by atoms with Gasteiger partial charge in [-0.3, -0.25) is 19.9 Å². The van der Waals surface area contributed by atoms with Gasteiger partial charge < -0.3 is 9.47 Å². The van der Waals surface area contributed by atoms with Crippen LogP contribution in [0.25, 0.3) is 0 Å². The van der Waals surface area contributed by atoms with E-state index < -0.39 is 28.7 Å². The molecule has 0 aliphatic carbocycles. The molecule has 0 saturated heterocycles. The smallest absolute Gasteiger partial charge is 0.336 e. The summed E-state index contributed by atoms with van der Waals surface area (Å²) in [6.07, 6.45) is 1.44. The molecule has 0 spiro atoms. The summed E-state index contributed by atoms with van der Waals surface area (Å²) in [4.78, 5) is 41.1. The first-order chi connectivity index (χ1) is 14.8. The van der Waals surface area contributed by atoms with E-state index in [2.05, 4.69) is 11.6 Å². The van der Waals surface area contributed by atoms with Crippen molar-refractivity contribution in [2.24, 2.45) is 10.9 Å². The fourth-order valence-electron chi connectivity index (χ4n) is 3.45. The summed E-state index contributed by atoms with van der Waals surface area (Å²) in [6.45, 7) is 9.10. The van der Waals surface area contributed by atoms with Gasteiger partial charge in [-0.25, -0.2) is 4.79 Å². The lowest BCUT2D eigenvalue weighted by atomic mass is 9.75. The molecule has 0 radical (unpaired) electrons. The predicted octanol–water partition coefficient (Wildman–Crippen LogP) is 4.07. The van der Waals surface area contributed by atoms with Crippen molar-refractivity contribution >= 4 is 35.1 Å². The molecule has 0 N–H and O–H groups in total. The molecule has 166 valence electrons. The van der Waals surface area contributed by atoms with E-state index in [1.54, 1.807) is 31.7 Å². The van der Waals surface area contributed by atoms with Crippen LogP contribution in [-0.2, 0) is 19.1 Å². The lowest BCUT2D eigenvalue weighted by Gasteiger charge is -2.31. The van der Waals surface area contributed by atoms with Gasteiger partial charge in [0.1, 0.15) is 19.1 Å². The molecular formula is C22H26N2O6S. The number of allylic oxidation sites excluding steroid dienone is 1. The van der Waals surface area contributed by atoms with Gasteiger partial charge in [0.05, 0.1) is 10.5 Å². The van der Waals surface area contributed by atoms with Gasteiger partial charge in [-0.15, -0.1) is 0 Å². The van der Waals surface area contributed by atoms with Gasteiger partial charge in [0.15, 0.2) is 0 Å². The van der Waals surface area contributed by atoms with Crippen molar-refractivity contribution in [3.05, 3.63) is 63.9 Å². The molecule has 1 heterocycles. The molecule has 1 aromatic carbocycles. The third-order valence-electron chi connectivity index (χ3n) is 4.75. The first-order valence-electron chi connectivity index (χ1n) is 9.84. The second-order valence-corrected chi connectivity index (χ2v) is 8.21. The summed E-state index contributed by atoms with van der Waals surface area (Å²) in [5, 5.41) is 11.3. The molecule has 1 aromatic rings. The SMILES string of the molecule is C=CCOC(=O)C1=C(C)N=C(C)C(C(=O)OCCSCC)[C@@H]1c1cccc([N+](=O)[O-])c1. The number of aliphatic imine (C=N–C) groups is 1. The fraction of sp³-hybridized carbons (Fsp3) is 0.409. The van der Waals surface area contributed by atoms with Crippen LogP contribution in [-0.4, -0.2) is 47.3 Å². The quantitative estimate of drug-likeness (QED) is 0.175. The summed E-state index contributed by atoms with van der Waals surface area (Å²) < 4.78 is 10.7. The van der Waals surface area contributed by atoms with Crippen molar-refractivity contribution in [1.82, 2.24) is 0 Å². The minimum absolute atomic E-state index is 0.0106. The van der Waals surface area contributed by atoms with Gasteiger partial charge in [0.2, 0.25) is 0 Å². The van der Waals surface area contributed by atoms with Crippen molar-refractivity contribution in [3.63, 3.8) is 0 Å². The van der Waals surface area contributed by atoms with Crippen LogP contribution in [0.1, 0.15) is 32.3 Å². The number of hydrogen-bond acceptors (Lipinski definition) is 8. The van der Waals surface area contributed by atoms with Crippen LogP contribution in [0.4, 0.5) is 5.69 Å². The zero-order valence-corrected chi connectivity index (χ0v) is 18.6. The molecule has 0 aromatic heterocycles. The van der Waals surface area contributed by atoms with Crippen LogP contribution >= 0.6 is 11.8 Å². The van der Waals surface area contributed by atoms with Gasteiger partial charge in [0, 0.05) is 35.2 Å². The fourth-order valence-corrected chi connectivity index (χ4v) is 3.94. The molecule has 2 atom stereocenters. The second kappa shape index (κ2) is 11.5. The van der Waals surface area contributed by atoms with Crippen LogP contribution < -0.4 is 0 Å². The molecule has 1 aliphatic heterocycles. The minimum Gasteiger partial charge on any atom is -0.464 e. The van der Waals surface area contributed by atoms with Crippen molar-refractivity contribution in [3.8, 4) is 0 Å². The van der Waals surface area contributed by atoms with E-state index in [9.17, 15) is 19.7 Å². The average Bonchev–Trinajstić information content (AvgIpc) is 2.74. The molecule has 9 heteroatoms. The maximum absolute atomic E-state index is 13.0. The predicted molar refractivity (Wildman–Crippen MR) is 120 cm³/mol. The average molecular weight is 447 g/mol. The number of benzene rings is 1. The van der Waals surface area contributed by atoms with Crippen molar-refractivity contribution in [2.45, 2.75) is 26.7 Å². The van der Waals surface area contributed by atoms with Crippen molar-refractivity contribution < 1.29 is 24.0 Å². The highest BCUT2D eigenvalue weighted by atomic mass is 32.2. The minimum atomic E-state index is -0.899. The molecule has 31 heavy (non-hydrogen) atoms. The number of carbonyl (C=O) groups is 2. The van der Waals surface area contributed by atoms with E-state index in [4.69, 9.17) is 9.47 Å². The summed E-state index contributed by atoms with van der Waals surface area (Å²) in [6, 6.07) is 5.90. The van der Waals surface area contributed by atoms with E-state index in [0.29, 0.717) is 22.7 Å². The van der Waals surface area contributed by atoms with E-state index in [1.165, 1.54) is 24.3 Å². The Morgan fingerprint density at radius 1 is 1.32 bits per heavy atom. The van der Waals surface area contributed by atoms with Gasteiger partial charge in [-0.1, -0.05) is 31.7 Å². The number of nitro groups is 1. The Morgan fingerprint density at radius 2 is 2.06 bits per heavy atom. The molecule has 0 amide bonds. The summed E-state index contributed by atoms with van der Waals surface area (Å²) >= 11 is 1.64. The highest BCUT2D eigenvalue weighted by Crippen LogP contribution is 2.41. The monoisotopic (exact) mass is 446 g/mol. The summed E-state index contributed by atoms with van der Waals surface area (Å²) in [5.41, 5.74) is 1.35. The number of rotatable bonds is 10. The Hall–Kier alpha value is -2.94. The first kappa shape index (κ1) is 24.3. The maximum atomic E-state index is 13.0. The van der Waals surface area contributed by atoms with Gasteiger partial charge >= 0.3 is 11.9 Å². The summed E-state index contributed by atoms with van der Waals surface area (Å²) in [5.74, 6) is -1.35. The Balaban J connectivity index is 2.52. The third-order valence-corrected chi connectivity index (χ3v) is 5.61.